The summed E-state index contributed by atoms with van der Waals surface area (Å²) < 4.78 is 10.2. The summed E-state index contributed by atoms with van der Waals surface area (Å²) in [6, 6.07) is 12.9. The van der Waals surface area contributed by atoms with Gasteiger partial charge in [0.2, 0.25) is 18.6 Å². The SMILES string of the molecule is CC(=O)N(C)CC(=O)N1CCc2c([nH]c3cc(O)ccc23)C1.c1ccc2c(c1)OCO2. The fraction of sp³-hybridized carbons (Fsp3) is 0.304. The molecule has 0 aliphatic carbocycles. The number of rotatable bonds is 2. The van der Waals surface area contributed by atoms with Gasteiger partial charge in [-0.2, -0.15) is 0 Å². The molecule has 2 aliphatic heterocycles. The van der Waals surface area contributed by atoms with Gasteiger partial charge in [-0.15, -0.1) is 0 Å². The lowest BCUT2D eigenvalue weighted by molar-refractivity contribution is -0.139. The van der Waals surface area contributed by atoms with Gasteiger partial charge in [-0.25, -0.2) is 0 Å². The minimum Gasteiger partial charge on any atom is -0.508 e. The van der Waals surface area contributed by atoms with Crippen LogP contribution in [0.15, 0.2) is 42.5 Å². The van der Waals surface area contributed by atoms with Crippen LogP contribution in [0.4, 0.5) is 0 Å². The molecule has 3 aromatic rings. The molecule has 0 bridgehead atoms. The zero-order valence-electron chi connectivity index (χ0n) is 17.6. The third-order valence-corrected chi connectivity index (χ3v) is 5.50. The number of phenols is 1. The zero-order chi connectivity index (χ0) is 22.0. The molecule has 0 spiro atoms. The number of aromatic nitrogens is 1. The maximum Gasteiger partial charge on any atom is 0.242 e. The van der Waals surface area contributed by atoms with Crippen molar-refractivity contribution in [3.63, 3.8) is 0 Å². The predicted molar refractivity (Wildman–Crippen MR) is 115 cm³/mol. The summed E-state index contributed by atoms with van der Waals surface area (Å²) >= 11 is 0. The molecule has 2 N–H and O–H groups in total. The fourth-order valence-corrected chi connectivity index (χ4v) is 3.71. The number of ether oxygens (including phenoxy) is 2. The number of benzene rings is 2. The Labute approximate surface area is 180 Å². The van der Waals surface area contributed by atoms with E-state index in [0.29, 0.717) is 19.9 Å². The lowest BCUT2D eigenvalue weighted by atomic mass is 10.0. The maximum atomic E-state index is 12.3. The molecule has 2 aliphatic rings. The van der Waals surface area contributed by atoms with Gasteiger partial charge in [0, 0.05) is 43.2 Å². The molecule has 0 saturated heterocycles. The van der Waals surface area contributed by atoms with Crippen LogP contribution in [0, 0.1) is 0 Å². The van der Waals surface area contributed by atoms with Crippen LogP contribution >= 0.6 is 0 Å². The number of nitrogens with one attached hydrogen (secondary N) is 1. The molecule has 0 radical (unpaired) electrons. The smallest absolute Gasteiger partial charge is 0.242 e. The highest BCUT2D eigenvalue weighted by atomic mass is 16.7. The molecule has 2 aromatic carbocycles. The van der Waals surface area contributed by atoms with Crippen LogP contribution in [0.25, 0.3) is 10.9 Å². The van der Waals surface area contributed by atoms with Crippen molar-refractivity contribution < 1.29 is 24.2 Å². The predicted octanol–water partition coefficient (Wildman–Crippen LogP) is 2.65. The second-order valence-electron chi connectivity index (χ2n) is 7.61. The number of aromatic hydroxyl groups is 1. The average Bonchev–Trinajstić information content (AvgIpc) is 3.37. The van der Waals surface area contributed by atoms with E-state index in [1.54, 1.807) is 24.1 Å². The monoisotopic (exact) mass is 423 g/mol. The summed E-state index contributed by atoms with van der Waals surface area (Å²) in [6.07, 6.45) is 0.773. The molecule has 8 nitrogen and oxygen atoms in total. The van der Waals surface area contributed by atoms with Crippen LogP contribution in [0.3, 0.4) is 0 Å². The van der Waals surface area contributed by atoms with E-state index in [9.17, 15) is 14.7 Å². The Morgan fingerprint density at radius 1 is 1.16 bits per heavy atom. The van der Waals surface area contributed by atoms with Crippen molar-refractivity contribution in [2.75, 3.05) is 26.9 Å². The molecular weight excluding hydrogens is 398 g/mol. The van der Waals surface area contributed by atoms with Gasteiger partial charge >= 0.3 is 0 Å². The number of H-pyrrole nitrogens is 1. The Morgan fingerprint density at radius 3 is 2.55 bits per heavy atom. The number of hydrogen-bond acceptors (Lipinski definition) is 5. The van der Waals surface area contributed by atoms with Crippen molar-refractivity contribution in [3.8, 4) is 17.2 Å². The first-order valence-corrected chi connectivity index (χ1v) is 10.1. The number of phenolic OH excluding ortho intramolecular Hbond substituents is 1. The third-order valence-electron chi connectivity index (χ3n) is 5.50. The molecule has 3 heterocycles. The number of likely N-dealkylation sites (N-methyl/N-ethyl adjacent to an activating group) is 1. The lowest BCUT2D eigenvalue weighted by Gasteiger charge is -2.28. The van der Waals surface area contributed by atoms with Crippen LogP contribution < -0.4 is 9.47 Å². The summed E-state index contributed by atoms with van der Waals surface area (Å²) in [5.74, 6) is 1.74. The highest BCUT2D eigenvalue weighted by molar-refractivity contribution is 5.87. The summed E-state index contributed by atoms with van der Waals surface area (Å²) in [5, 5.41) is 10.7. The summed E-state index contributed by atoms with van der Waals surface area (Å²) in [7, 11) is 1.63. The molecule has 0 atom stereocenters. The van der Waals surface area contributed by atoms with E-state index in [2.05, 4.69) is 4.98 Å². The average molecular weight is 423 g/mol. The van der Waals surface area contributed by atoms with Gasteiger partial charge < -0.3 is 29.4 Å². The van der Waals surface area contributed by atoms with E-state index in [1.807, 2.05) is 30.3 Å². The van der Waals surface area contributed by atoms with E-state index in [-0.39, 0.29) is 24.1 Å². The Morgan fingerprint density at radius 2 is 1.87 bits per heavy atom. The minimum absolute atomic E-state index is 0.0511. The molecule has 31 heavy (non-hydrogen) atoms. The first kappa shape index (κ1) is 20.6. The molecule has 0 fully saturated rings. The lowest BCUT2D eigenvalue weighted by Crippen LogP contribution is -2.42. The fourth-order valence-electron chi connectivity index (χ4n) is 3.71. The van der Waals surface area contributed by atoms with E-state index in [1.165, 1.54) is 17.4 Å². The van der Waals surface area contributed by atoms with Crippen molar-refractivity contribution in [2.45, 2.75) is 19.9 Å². The van der Waals surface area contributed by atoms with E-state index >= 15 is 0 Å². The van der Waals surface area contributed by atoms with Gasteiger partial charge in [-0.05, 0) is 36.2 Å². The van der Waals surface area contributed by atoms with Crippen molar-refractivity contribution in [3.05, 3.63) is 53.7 Å². The standard InChI is InChI=1S/C16H19N3O3.C7H6O2/c1-10(20)18(2)9-16(22)19-6-5-13-12-4-3-11(21)7-14(12)17-15(13)8-19;1-2-4-7-6(3-1)8-5-9-7/h3-4,7,17,21H,5-6,8-9H2,1-2H3;1-4H,5H2. The number of amides is 2. The second kappa shape index (κ2) is 8.59. The molecule has 162 valence electrons. The van der Waals surface area contributed by atoms with Gasteiger partial charge in [0.25, 0.3) is 0 Å². The molecule has 8 heteroatoms. The van der Waals surface area contributed by atoms with E-state index in [0.717, 1.165) is 34.5 Å². The van der Waals surface area contributed by atoms with Crippen LogP contribution in [0.1, 0.15) is 18.2 Å². The van der Waals surface area contributed by atoms with Crippen LogP contribution in [0.2, 0.25) is 0 Å². The first-order valence-electron chi connectivity index (χ1n) is 10.1. The van der Waals surface area contributed by atoms with Gasteiger partial charge in [0.05, 0.1) is 13.1 Å². The number of hydrogen-bond donors (Lipinski definition) is 2. The molecule has 2 amide bonds. The Balaban J connectivity index is 0.000000212. The van der Waals surface area contributed by atoms with Crippen molar-refractivity contribution >= 4 is 22.7 Å². The highest BCUT2D eigenvalue weighted by Gasteiger charge is 2.24. The number of fused-ring (bicyclic) bond motifs is 4. The molecule has 5 rings (SSSR count). The maximum absolute atomic E-state index is 12.3. The van der Waals surface area contributed by atoms with Crippen LogP contribution in [0.5, 0.6) is 17.2 Å². The highest BCUT2D eigenvalue weighted by Crippen LogP contribution is 2.31. The Kier molecular flexibility index (Phi) is 5.70. The topological polar surface area (TPSA) is 95.1 Å². The normalized spacial score (nSPS) is 13.9. The van der Waals surface area contributed by atoms with Crippen molar-refractivity contribution in [1.82, 2.24) is 14.8 Å². The molecule has 1 aromatic heterocycles. The number of carbonyl (C=O) groups excluding carboxylic acids is 2. The zero-order valence-corrected chi connectivity index (χ0v) is 17.6. The Hall–Kier alpha value is -3.68. The summed E-state index contributed by atoms with van der Waals surface area (Å²) in [4.78, 5) is 30.0. The largest absolute Gasteiger partial charge is 0.508 e. The molecule has 0 unspecified atom stereocenters. The molecule has 0 saturated carbocycles. The molecular formula is C23H25N3O5. The number of nitrogens with zero attached hydrogens (tertiary/aromatic N) is 2. The minimum atomic E-state index is -0.118. The van der Waals surface area contributed by atoms with Gasteiger partial charge in [-0.3, -0.25) is 9.59 Å². The summed E-state index contributed by atoms with van der Waals surface area (Å²) in [6.45, 7) is 3.07. The number of para-hydroxylation sites is 2. The quantitative estimate of drug-likeness (QED) is 0.661. The number of carbonyl (C=O) groups is 2. The van der Waals surface area contributed by atoms with Crippen LogP contribution in [-0.4, -0.2) is 58.6 Å². The van der Waals surface area contributed by atoms with Crippen LogP contribution in [-0.2, 0) is 22.6 Å². The van der Waals surface area contributed by atoms with E-state index < -0.39 is 0 Å². The third kappa shape index (κ3) is 4.42. The van der Waals surface area contributed by atoms with Crippen molar-refractivity contribution in [1.29, 1.82) is 0 Å². The van der Waals surface area contributed by atoms with Gasteiger partial charge in [0.15, 0.2) is 11.5 Å². The second-order valence-corrected chi connectivity index (χ2v) is 7.61. The van der Waals surface area contributed by atoms with Gasteiger partial charge in [-0.1, -0.05) is 12.1 Å². The van der Waals surface area contributed by atoms with Gasteiger partial charge in [0.1, 0.15) is 5.75 Å². The van der Waals surface area contributed by atoms with Crippen molar-refractivity contribution in [2.24, 2.45) is 0 Å². The summed E-state index contributed by atoms with van der Waals surface area (Å²) in [5.41, 5.74) is 3.10. The number of aromatic amines is 1. The first-order chi connectivity index (χ1) is 14.9. The Bertz CT molecular complexity index is 1100. The van der Waals surface area contributed by atoms with E-state index in [4.69, 9.17) is 9.47 Å².